The number of pyridine rings is 1. The average molecular weight is 320 g/mol. The Hall–Kier alpha value is -3.28. The number of amides is 1. The normalized spacial score (nSPS) is 10.4. The number of carbonyl (C=O) groups excluding carboxylic acids is 2. The molecule has 120 valence electrons. The van der Waals surface area contributed by atoms with Gasteiger partial charge >= 0.3 is 0 Å². The lowest BCUT2D eigenvalue weighted by molar-refractivity contribution is 0.101. The number of rotatable bonds is 4. The number of nitrogens with zero attached hydrogens (tertiary/aromatic N) is 3. The van der Waals surface area contributed by atoms with Gasteiger partial charge in [-0.25, -0.2) is 9.67 Å². The van der Waals surface area contributed by atoms with Gasteiger partial charge in [0.15, 0.2) is 11.6 Å². The van der Waals surface area contributed by atoms with Gasteiger partial charge in [-0.2, -0.15) is 5.10 Å². The molecule has 6 heteroatoms. The van der Waals surface area contributed by atoms with E-state index in [0.717, 1.165) is 0 Å². The van der Waals surface area contributed by atoms with Gasteiger partial charge in [-0.3, -0.25) is 9.59 Å². The first-order chi connectivity index (χ1) is 11.6. The van der Waals surface area contributed by atoms with Gasteiger partial charge in [0.05, 0.1) is 17.5 Å². The summed E-state index contributed by atoms with van der Waals surface area (Å²) in [7, 11) is 0. The predicted octanol–water partition coefficient (Wildman–Crippen LogP) is 3.03. The molecule has 0 radical (unpaired) electrons. The van der Waals surface area contributed by atoms with Gasteiger partial charge in [0.25, 0.3) is 5.91 Å². The highest BCUT2D eigenvalue weighted by molar-refractivity contribution is 6.05. The van der Waals surface area contributed by atoms with E-state index in [2.05, 4.69) is 15.4 Å². The van der Waals surface area contributed by atoms with Crippen LogP contribution >= 0.6 is 0 Å². The van der Waals surface area contributed by atoms with Crippen LogP contribution in [0.4, 0.5) is 5.69 Å². The highest BCUT2D eigenvalue weighted by Crippen LogP contribution is 2.16. The largest absolute Gasteiger partial charge is 0.322 e. The molecule has 0 unspecified atom stereocenters. The quantitative estimate of drug-likeness (QED) is 0.750. The van der Waals surface area contributed by atoms with Crippen LogP contribution in [-0.4, -0.2) is 26.5 Å². The van der Waals surface area contributed by atoms with Crippen molar-refractivity contribution in [3.8, 4) is 5.82 Å². The summed E-state index contributed by atoms with van der Waals surface area (Å²) in [6, 6.07) is 12.3. The molecule has 1 aromatic carbocycles. The highest BCUT2D eigenvalue weighted by Gasteiger charge is 2.16. The Bertz CT molecular complexity index is 900. The van der Waals surface area contributed by atoms with Crippen LogP contribution in [0.15, 0.2) is 54.9 Å². The summed E-state index contributed by atoms with van der Waals surface area (Å²) < 4.78 is 1.61. The topological polar surface area (TPSA) is 76.9 Å². The molecule has 2 aromatic heterocycles. The standard InChI is InChI=1S/C18H16N4O2/c1-12-16(11-20-22(12)17-8-3-4-9-19-17)18(24)21-15-7-5-6-14(10-15)13(2)23/h3-11H,1-2H3,(H,21,24). The van der Waals surface area contributed by atoms with Crippen molar-refractivity contribution in [3.05, 3.63) is 71.7 Å². The number of Topliss-reactive ketones (excluding diaryl/α,β-unsaturated/α-hetero) is 1. The lowest BCUT2D eigenvalue weighted by Gasteiger charge is -2.07. The third kappa shape index (κ3) is 3.08. The van der Waals surface area contributed by atoms with E-state index in [1.54, 1.807) is 35.1 Å². The second-order valence-electron chi connectivity index (χ2n) is 5.33. The van der Waals surface area contributed by atoms with E-state index in [9.17, 15) is 9.59 Å². The fourth-order valence-corrected chi connectivity index (χ4v) is 2.36. The number of aromatic nitrogens is 3. The summed E-state index contributed by atoms with van der Waals surface area (Å²) >= 11 is 0. The SMILES string of the molecule is CC(=O)c1cccc(NC(=O)c2cnn(-c3ccccn3)c2C)c1. The average Bonchev–Trinajstić information content (AvgIpc) is 2.97. The first kappa shape index (κ1) is 15.6. The molecule has 0 atom stereocenters. The van der Waals surface area contributed by atoms with Gasteiger partial charge in [-0.15, -0.1) is 0 Å². The molecule has 0 spiro atoms. The fraction of sp³-hybridized carbons (Fsp3) is 0.111. The Labute approximate surface area is 139 Å². The number of nitrogens with one attached hydrogen (secondary N) is 1. The Morgan fingerprint density at radius 2 is 1.96 bits per heavy atom. The molecule has 6 nitrogen and oxygen atoms in total. The molecule has 0 saturated carbocycles. The van der Waals surface area contributed by atoms with Crippen molar-refractivity contribution in [2.24, 2.45) is 0 Å². The molecule has 3 aromatic rings. The summed E-state index contributed by atoms with van der Waals surface area (Å²) in [5.74, 6) is 0.313. The Kier molecular flexibility index (Phi) is 4.20. The van der Waals surface area contributed by atoms with Gasteiger partial charge in [0.2, 0.25) is 0 Å². The van der Waals surface area contributed by atoms with Crippen LogP contribution in [0, 0.1) is 6.92 Å². The minimum absolute atomic E-state index is 0.0507. The number of benzene rings is 1. The van der Waals surface area contributed by atoms with E-state index < -0.39 is 0 Å². The number of carbonyl (C=O) groups is 2. The predicted molar refractivity (Wildman–Crippen MR) is 90.5 cm³/mol. The minimum Gasteiger partial charge on any atom is -0.322 e. The first-order valence-electron chi connectivity index (χ1n) is 7.44. The summed E-state index contributed by atoms with van der Waals surface area (Å²) in [5.41, 5.74) is 2.26. The van der Waals surface area contributed by atoms with Gasteiger partial charge in [0, 0.05) is 17.4 Å². The van der Waals surface area contributed by atoms with Crippen molar-refractivity contribution in [3.63, 3.8) is 0 Å². The Morgan fingerprint density at radius 3 is 2.67 bits per heavy atom. The maximum absolute atomic E-state index is 12.5. The third-order valence-electron chi connectivity index (χ3n) is 3.65. The van der Waals surface area contributed by atoms with Gasteiger partial charge < -0.3 is 5.32 Å². The summed E-state index contributed by atoms with van der Waals surface area (Å²) in [6.07, 6.45) is 3.18. The molecule has 3 rings (SSSR count). The monoisotopic (exact) mass is 320 g/mol. The minimum atomic E-state index is -0.282. The van der Waals surface area contributed by atoms with Crippen molar-refractivity contribution in [2.75, 3.05) is 5.32 Å². The molecule has 0 aliphatic rings. The van der Waals surface area contributed by atoms with Crippen molar-refractivity contribution < 1.29 is 9.59 Å². The van der Waals surface area contributed by atoms with E-state index in [4.69, 9.17) is 0 Å². The van der Waals surface area contributed by atoms with Crippen LogP contribution in [-0.2, 0) is 0 Å². The van der Waals surface area contributed by atoms with E-state index in [-0.39, 0.29) is 11.7 Å². The Morgan fingerprint density at radius 1 is 1.12 bits per heavy atom. The first-order valence-corrected chi connectivity index (χ1v) is 7.44. The smallest absolute Gasteiger partial charge is 0.259 e. The van der Waals surface area contributed by atoms with Crippen molar-refractivity contribution >= 4 is 17.4 Å². The van der Waals surface area contributed by atoms with Crippen LogP contribution in [0.25, 0.3) is 5.82 Å². The Balaban J connectivity index is 1.85. The second kappa shape index (κ2) is 6.45. The number of hydrogen-bond acceptors (Lipinski definition) is 4. The highest BCUT2D eigenvalue weighted by atomic mass is 16.1. The number of hydrogen-bond donors (Lipinski definition) is 1. The molecule has 0 aliphatic heterocycles. The van der Waals surface area contributed by atoms with E-state index in [0.29, 0.717) is 28.3 Å². The van der Waals surface area contributed by atoms with Crippen molar-refractivity contribution in [1.82, 2.24) is 14.8 Å². The number of anilines is 1. The second-order valence-corrected chi connectivity index (χ2v) is 5.33. The summed E-state index contributed by atoms with van der Waals surface area (Å²) in [5, 5.41) is 7.03. The summed E-state index contributed by atoms with van der Waals surface area (Å²) in [4.78, 5) is 28.2. The molecule has 0 bridgehead atoms. The maximum Gasteiger partial charge on any atom is 0.259 e. The van der Waals surface area contributed by atoms with Crippen molar-refractivity contribution in [1.29, 1.82) is 0 Å². The lowest BCUT2D eigenvalue weighted by Crippen LogP contribution is -2.13. The molecule has 2 heterocycles. The van der Waals surface area contributed by atoms with Gasteiger partial charge in [-0.05, 0) is 38.1 Å². The van der Waals surface area contributed by atoms with Crippen LogP contribution in [0.5, 0.6) is 0 Å². The zero-order valence-corrected chi connectivity index (χ0v) is 13.4. The lowest BCUT2D eigenvalue weighted by atomic mass is 10.1. The van der Waals surface area contributed by atoms with Crippen LogP contribution in [0.1, 0.15) is 33.3 Å². The fourth-order valence-electron chi connectivity index (χ4n) is 2.36. The molecule has 1 amide bonds. The molecule has 0 aliphatic carbocycles. The van der Waals surface area contributed by atoms with E-state index >= 15 is 0 Å². The molecule has 24 heavy (non-hydrogen) atoms. The zero-order chi connectivity index (χ0) is 17.1. The summed E-state index contributed by atoms with van der Waals surface area (Å²) in [6.45, 7) is 3.30. The van der Waals surface area contributed by atoms with Crippen LogP contribution < -0.4 is 5.32 Å². The third-order valence-corrected chi connectivity index (χ3v) is 3.65. The number of ketones is 1. The van der Waals surface area contributed by atoms with Crippen LogP contribution in [0.2, 0.25) is 0 Å². The molecule has 0 saturated heterocycles. The molecular weight excluding hydrogens is 304 g/mol. The van der Waals surface area contributed by atoms with E-state index in [1.807, 2.05) is 25.1 Å². The van der Waals surface area contributed by atoms with Gasteiger partial charge in [-0.1, -0.05) is 18.2 Å². The molecular formula is C18H16N4O2. The molecule has 1 N–H and O–H groups in total. The van der Waals surface area contributed by atoms with Gasteiger partial charge in [0.1, 0.15) is 0 Å². The van der Waals surface area contributed by atoms with E-state index in [1.165, 1.54) is 13.1 Å². The van der Waals surface area contributed by atoms with Crippen LogP contribution in [0.3, 0.4) is 0 Å². The zero-order valence-electron chi connectivity index (χ0n) is 13.4. The maximum atomic E-state index is 12.5. The van der Waals surface area contributed by atoms with Crippen molar-refractivity contribution in [2.45, 2.75) is 13.8 Å². The molecule has 0 fully saturated rings.